The fourth-order valence-electron chi connectivity index (χ4n) is 2.13. The summed E-state index contributed by atoms with van der Waals surface area (Å²) in [7, 11) is -3.15. The van der Waals surface area contributed by atoms with Gasteiger partial charge < -0.3 is 0 Å². The van der Waals surface area contributed by atoms with Crippen LogP contribution in [-0.4, -0.2) is 30.2 Å². The average molecular weight is 346 g/mol. The molecule has 0 fully saturated rings. The smallest absolute Gasteiger partial charge is 0.264 e. The first kappa shape index (κ1) is 17.5. The molecule has 1 aromatic heterocycles. The van der Waals surface area contributed by atoms with Gasteiger partial charge in [0.15, 0.2) is 0 Å². The summed E-state index contributed by atoms with van der Waals surface area (Å²) in [6.07, 6.45) is -2.60. The van der Waals surface area contributed by atoms with Crippen molar-refractivity contribution in [2.24, 2.45) is 0 Å². The molecule has 1 aromatic carbocycles. The van der Waals surface area contributed by atoms with Gasteiger partial charge >= 0.3 is 6.18 Å². The summed E-state index contributed by atoms with van der Waals surface area (Å²) in [5.41, 5.74) is 1.21. The highest BCUT2D eigenvalue weighted by Crippen LogP contribution is 2.31. The Labute approximate surface area is 132 Å². The Morgan fingerprint density at radius 3 is 2.26 bits per heavy atom. The van der Waals surface area contributed by atoms with Crippen molar-refractivity contribution in [3.63, 3.8) is 0 Å². The van der Waals surface area contributed by atoms with Crippen LogP contribution in [0.5, 0.6) is 0 Å². The zero-order valence-corrected chi connectivity index (χ0v) is 13.6. The summed E-state index contributed by atoms with van der Waals surface area (Å²) in [6.45, 7) is 2.06. The van der Waals surface area contributed by atoms with Crippen LogP contribution in [0.1, 0.15) is 18.2 Å². The Hall–Kier alpha value is -1.83. The molecule has 1 heterocycles. The Balaban J connectivity index is 2.36. The van der Waals surface area contributed by atoms with Crippen LogP contribution in [0.4, 0.5) is 13.2 Å². The maximum absolute atomic E-state index is 12.6. The van der Waals surface area contributed by atoms with E-state index in [-0.39, 0.29) is 12.3 Å². The van der Waals surface area contributed by atoms with E-state index in [1.807, 2.05) is 6.92 Å². The van der Waals surface area contributed by atoms with Gasteiger partial charge in [-0.25, -0.2) is 8.42 Å². The lowest BCUT2D eigenvalue weighted by Gasteiger charge is -2.09. The SMILES string of the molecule is CCc1cc(-c2ccc(C(F)(F)F)cc2)n(CCS(C)(=O)=O)n1. The van der Waals surface area contributed by atoms with E-state index in [0.717, 1.165) is 24.1 Å². The number of alkyl halides is 3. The number of aromatic nitrogens is 2. The predicted molar refractivity (Wildman–Crippen MR) is 81.8 cm³/mol. The van der Waals surface area contributed by atoms with Crippen molar-refractivity contribution >= 4 is 9.84 Å². The van der Waals surface area contributed by atoms with Gasteiger partial charge in [-0.3, -0.25) is 4.68 Å². The number of rotatable bonds is 5. The second-order valence-corrected chi connectivity index (χ2v) is 7.56. The number of hydrogen-bond donors (Lipinski definition) is 0. The number of sulfone groups is 1. The van der Waals surface area contributed by atoms with Gasteiger partial charge in [0.25, 0.3) is 0 Å². The molecule has 0 aliphatic heterocycles. The molecule has 4 nitrogen and oxygen atoms in total. The molecular weight excluding hydrogens is 329 g/mol. The van der Waals surface area contributed by atoms with Gasteiger partial charge in [-0.1, -0.05) is 19.1 Å². The standard InChI is InChI=1S/C15H17F3N2O2S/c1-3-13-10-14(20(19-13)8-9-23(2,21)22)11-4-6-12(7-5-11)15(16,17)18/h4-7,10H,3,8-9H2,1-2H3. The van der Waals surface area contributed by atoms with Crippen molar-refractivity contribution in [3.05, 3.63) is 41.6 Å². The molecule has 8 heteroatoms. The predicted octanol–water partition coefficient (Wildman–Crippen LogP) is 3.18. The molecule has 2 aromatic rings. The van der Waals surface area contributed by atoms with Gasteiger partial charge in [-0.05, 0) is 30.2 Å². The van der Waals surface area contributed by atoms with Crippen LogP contribution in [0.3, 0.4) is 0 Å². The van der Waals surface area contributed by atoms with Crippen LogP contribution in [-0.2, 0) is 29.0 Å². The minimum Gasteiger partial charge on any atom is -0.264 e. The molecule has 0 aliphatic carbocycles. The Morgan fingerprint density at radius 1 is 1.17 bits per heavy atom. The molecule has 0 aliphatic rings. The second-order valence-electron chi connectivity index (χ2n) is 5.30. The summed E-state index contributed by atoms with van der Waals surface area (Å²) in [5, 5.41) is 4.31. The highest BCUT2D eigenvalue weighted by Gasteiger charge is 2.30. The van der Waals surface area contributed by atoms with Gasteiger partial charge in [0, 0.05) is 6.26 Å². The molecule has 0 amide bonds. The van der Waals surface area contributed by atoms with Gasteiger partial charge in [0.1, 0.15) is 9.84 Å². The number of halogens is 3. The van der Waals surface area contributed by atoms with Gasteiger partial charge in [-0.15, -0.1) is 0 Å². The third kappa shape index (κ3) is 4.57. The van der Waals surface area contributed by atoms with Crippen LogP contribution in [0.15, 0.2) is 30.3 Å². The van der Waals surface area contributed by atoms with Gasteiger partial charge in [0.05, 0.1) is 29.2 Å². The van der Waals surface area contributed by atoms with E-state index < -0.39 is 21.6 Å². The molecule has 0 spiro atoms. The molecule has 0 unspecified atom stereocenters. The van der Waals surface area contributed by atoms with Gasteiger partial charge in [0.2, 0.25) is 0 Å². The summed E-state index contributed by atoms with van der Waals surface area (Å²) >= 11 is 0. The lowest BCUT2D eigenvalue weighted by Crippen LogP contribution is -2.13. The van der Waals surface area contributed by atoms with Crippen LogP contribution >= 0.6 is 0 Å². The van der Waals surface area contributed by atoms with Crippen LogP contribution in [0.25, 0.3) is 11.3 Å². The molecule has 23 heavy (non-hydrogen) atoms. The first-order valence-electron chi connectivity index (χ1n) is 7.02. The molecular formula is C15H17F3N2O2S. The van der Waals surface area contributed by atoms with E-state index in [0.29, 0.717) is 17.7 Å². The van der Waals surface area contributed by atoms with E-state index in [1.54, 1.807) is 6.07 Å². The fraction of sp³-hybridized carbons (Fsp3) is 0.400. The van der Waals surface area contributed by atoms with Crippen molar-refractivity contribution in [1.29, 1.82) is 0 Å². The third-order valence-corrected chi connectivity index (χ3v) is 4.30. The number of nitrogens with zero attached hydrogens (tertiary/aromatic N) is 2. The van der Waals surface area contributed by atoms with E-state index >= 15 is 0 Å². The first-order valence-corrected chi connectivity index (χ1v) is 9.08. The lowest BCUT2D eigenvalue weighted by atomic mass is 10.1. The number of benzene rings is 1. The van der Waals surface area contributed by atoms with Crippen molar-refractivity contribution in [3.8, 4) is 11.3 Å². The molecule has 2 rings (SSSR count). The monoisotopic (exact) mass is 346 g/mol. The van der Waals surface area contributed by atoms with Crippen LogP contribution in [0.2, 0.25) is 0 Å². The van der Waals surface area contributed by atoms with Crippen LogP contribution in [0, 0.1) is 0 Å². The molecule has 126 valence electrons. The molecule has 0 saturated heterocycles. The van der Waals surface area contributed by atoms with E-state index in [2.05, 4.69) is 5.10 Å². The lowest BCUT2D eigenvalue weighted by molar-refractivity contribution is -0.137. The average Bonchev–Trinajstić information content (AvgIpc) is 2.87. The quantitative estimate of drug-likeness (QED) is 0.836. The Kier molecular flexibility index (Phi) is 4.84. The highest BCUT2D eigenvalue weighted by atomic mass is 32.2. The van der Waals surface area contributed by atoms with Crippen molar-refractivity contribution in [1.82, 2.24) is 9.78 Å². The highest BCUT2D eigenvalue weighted by molar-refractivity contribution is 7.90. The maximum Gasteiger partial charge on any atom is 0.416 e. The van der Waals surface area contributed by atoms with E-state index in [1.165, 1.54) is 16.8 Å². The van der Waals surface area contributed by atoms with Crippen LogP contribution < -0.4 is 0 Å². The number of hydrogen-bond acceptors (Lipinski definition) is 3. The van der Waals surface area contributed by atoms with E-state index in [4.69, 9.17) is 0 Å². The Bertz CT molecular complexity index is 778. The summed E-state index contributed by atoms with van der Waals surface area (Å²) < 4.78 is 62.0. The maximum atomic E-state index is 12.6. The third-order valence-electron chi connectivity index (χ3n) is 3.37. The summed E-state index contributed by atoms with van der Waals surface area (Å²) in [5.74, 6) is -0.0779. The normalized spacial score (nSPS) is 12.6. The molecule has 0 atom stereocenters. The van der Waals surface area contributed by atoms with Crippen molar-refractivity contribution < 1.29 is 21.6 Å². The molecule has 0 radical (unpaired) electrons. The molecule has 0 saturated carbocycles. The molecule has 0 N–H and O–H groups in total. The molecule has 0 bridgehead atoms. The Morgan fingerprint density at radius 2 is 1.78 bits per heavy atom. The minimum atomic E-state index is -4.39. The minimum absolute atomic E-state index is 0.0779. The second kappa shape index (κ2) is 6.35. The zero-order valence-electron chi connectivity index (χ0n) is 12.8. The summed E-state index contributed by atoms with van der Waals surface area (Å²) in [4.78, 5) is 0. The topological polar surface area (TPSA) is 52.0 Å². The first-order chi connectivity index (χ1) is 10.6. The van der Waals surface area contributed by atoms with Crippen molar-refractivity contribution in [2.75, 3.05) is 12.0 Å². The fourth-order valence-corrected chi connectivity index (χ4v) is 2.63. The summed E-state index contributed by atoms with van der Waals surface area (Å²) in [6, 6.07) is 6.53. The van der Waals surface area contributed by atoms with Gasteiger partial charge in [-0.2, -0.15) is 18.3 Å². The largest absolute Gasteiger partial charge is 0.416 e. The zero-order chi connectivity index (χ0) is 17.3. The number of aryl methyl sites for hydroxylation is 2. The van der Waals surface area contributed by atoms with Crippen molar-refractivity contribution in [2.45, 2.75) is 26.1 Å². The van der Waals surface area contributed by atoms with E-state index in [9.17, 15) is 21.6 Å².